The van der Waals surface area contributed by atoms with Crippen molar-refractivity contribution in [1.29, 1.82) is 0 Å². The average molecular weight is 396 g/mol. The van der Waals surface area contributed by atoms with Crippen molar-refractivity contribution in [3.63, 3.8) is 0 Å². The van der Waals surface area contributed by atoms with Crippen molar-refractivity contribution in [1.82, 2.24) is 0 Å². The number of aryl methyl sites for hydroxylation is 1. The number of carbonyl (C=O) groups excluding carboxylic acids is 2. The number of carbonyl (C=O) groups is 2. The van der Waals surface area contributed by atoms with Crippen LogP contribution in [0.3, 0.4) is 0 Å². The molecule has 0 aromatic heterocycles. The summed E-state index contributed by atoms with van der Waals surface area (Å²) in [5.41, 5.74) is 3.28. The number of anilines is 1. The molecule has 0 saturated carbocycles. The summed E-state index contributed by atoms with van der Waals surface area (Å²) in [7, 11) is 1.60. The van der Waals surface area contributed by atoms with E-state index in [0.29, 0.717) is 17.9 Å². The lowest BCUT2D eigenvalue weighted by Crippen LogP contribution is -3.29. The number of ether oxygens (including phenoxy) is 1. The number of amides is 2. The Balaban J connectivity index is 1.37. The van der Waals surface area contributed by atoms with E-state index in [1.807, 2.05) is 0 Å². The van der Waals surface area contributed by atoms with Gasteiger partial charge >= 0.3 is 0 Å². The van der Waals surface area contributed by atoms with E-state index in [0.717, 1.165) is 32.7 Å². The van der Waals surface area contributed by atoms with Crippen LogP contribution in [0.15, 0.2) is 48.5 Å². The molecule has 0 unspecified atom stereocenters. The van der Waals surface area contributed by atoms with E-state index < -0.39 is 0 Å². The molecule has 2 aromatic carbocycles. The van der Waals surface area contributed by atoms with E-state index in [1.165, 1.54) is 20.9 Å². The maximum atomic E-state index is 13.0. The minimum absolute atomic E-state index is 0.0719. The van der Waals surface area contributed by atoms with Crippen molar-refractivity contribution in [3.05, 3.63) is 59.7 Å². The molecule has 0 radical (unpaired) electrons. The van der Waals surface area contributed by atoms with Crippen LogP contribution in [0.25, 0.3) is 0 Å². The molecule has 1 atom stereocenters. The Morgan fingerprint density at radius 3 is 2.41 bits per heavy atom. The van der Waals surface area contributed by atoms with Crippen molar-refractivity contribution < 1.29 is 24.1 Å². The summed E-state index contributed by atoms with van der Waals surface area (Å²) in [6.45, 7) is 7.01. The fraction of sp³-hybridized carbons (Fsp3) is 0.391. The number of nitrogens with zero attached hydrogens (tertiary/aromatic N) is 1. The predicted molar refractivity (Wildman–Crippen MR) is 110 cm³/mol. The summed E-state index contributed by atoms with van der Waals surface area (Å²) in [4.78, 5) is 29.7. The zero-order valence-corrected chi connectivity index (χ0v) is 17.1. The molecule has 2 aromatic rings. The molecule has 0 bridgehead atoms. The number of hydrogen-bond acceptors (Lipinski definition) is 3. The van der Waals surface area contributed by atoms with Crippen molar-refractivity contribution in [2.24, 2.45) is 0 Å². The fourth-order valence-corrected chi connectivity index (χ4v) is 4.51. The van der Waals surface area contributed by atoms with Gasteiger partial charge in [-0.25, -0.2) is 4.90 Å². The third-order valence-corrected chi connectivity index (χ3v) is 6.11. The van der Waals surface area contributed by atoms with E-state index in [1.54, 1.807) is 36.3 Å². The Labute approximate surface area is 171 Å². The van der Waals surface area contributed by atoms with Gasteiger partial charge < -0.3 is 14.5 Å². The van der Waals surface area contributed by atoms with E-state index >= 15 is 0 Å². The smallest absolute Gasteiger partial charge is 0.292 e. The molecule has 2 saturated heterocycles. The molecular formula is C23H29N3O3+2. The van der Waals surface area contributed by atoms with Gasteiger partial charge in [0.2, 0.25) is 5.91 Å². The van der Waals surface area contributed by atoms with Gasteiger partial charge in [0.1, 0.15) is 38.5 Å². The molecule has 6 heteroatoms. The molecule has 2 fully saturated rings. The van der Waals surface area contributed by atoms with Crippen LogP contribution in [0.4, 0.5) is 5.69 Å². The topological polar surface area (TPSA) is 55.5 Å². The maximum absolute atomic E-state index is 13.0. The first-order chi connectivity index (χ1) is 14.0. The number of benzene rings is 2. The second-order valence-electron chi connectivity index (χ2n) is 8.10. The molecular weight excluding hydrogens is 366 g/mol. The molecule has 152 valence electrons. The quantitative estimate of drug-likeness (QED) is 0.679. The summed E-state index contributed by atoms with van der Waals surface area (Å²) >= 11 is 0. The molecule has 4 rings (SSSR count). The lowest BCUT2D eigenvalue weighted by molar-refractivity contribution is -1.02. The van der Waals surface area contributed by atoms with E-state index in [4.69, 9.17) is 4.74 Å². The molecule has 2 aliphatic heterocycles. The minimum atomic E-state index is -0.259. The zero-order chi connectivity index (χ0) is 20.4. The number of quaternary nitrogens is 2. The first kappa shape index (κ1) is 19.6. The van der Waals surface area contributed by atoms with Gasteiger partial charge in [0, 0.05) is 5.56 Å². The van der Waals surface area contributed by atoms with Gasteiger partial charge in [-0.2, -0.15) is 0 Å². The first-order valence-corrected chi connectivity index (χ1v) is 10.3. The van der Waals surface area contributed by atoms with Gasteiger partial charge in [-0.1, -0.05) is 29.8 Å². The van der Waals surface area contributed by atoms with Gasteiger partial charge in [0.15, 0.2) is 6.04 Å². The summed E-state index contributed by atoms with van der Waals surface area (Å²) in [5, 5.41) is 0. The molecule has 2 heterocycles. The highest BCUT2D eigenvalue weighted by Gasteiger charge is 2.46. The molecule has 0 aliphatic carbocycles. The second-order valence-corrected chi connectivity index (χ2v) is 8.10. The highest BCUT2D eigenvalue weighted by Crippen LogP contribution is 2.24. The molecule has 2 aliphatic rings. The van der Waals surface area contributed by atoms with Crippen molar-refractivity contribution in [2.45, 2.75) is 25.9 Å². The number of rotatable bonds is 5. The zero-order valence-electron chi connectivity index (χ0n) is 17.1. The summed E-state index contributed by atoms with van der Waals surface area (Å²) < 4.78 is 5.17. The van der Waals surface area contributed by atoms with E-state index in [-0.39, 0.29) is 17.9 Å². The SMILES string of the molecule is COc1ccc(N2C(=O)C[C@H]([NH+]3CC[NH+](Cc4cccc(C)c4)CC3)C2=O)cc1. The Kier molecular flexibility index (Phi) is 5.65. The van der Waals surface area contributed by atoms with Crippen LogP contribution >= 0.6 is 0 Å². The number of nitrogens with one attached hydrogen (secondary N) is 2. The third-order valence-electron chi connectivity index (χ3n) is 6.11. The van der Waals surface area contributed by atoms with Gasteiger partial charge in [-0.05, 0) is 31.2 Å². The number of piperazine rings is 1. The first-order valence-electron chi connectivity index (χ1n) is 10.3. The van der Waals surface area contributed by atoms with E-state index in [9.17, 15) is 9.59 Å². The number of methoxy groups -OCH3 is 1. The van der Waals surface area contributed by atoms with Gasteiger partial charge in [0.25, 0.3) is 5.91 Å². The largest absolute Gasteiger partial charge is 0.497 e. The standard InChI is InChI=1S/C23H27N3O3/c1-17-4-3-5-18(14-17)16-24-10-12-25(13-11-24)21-15-22(27)26(23(21)28)19-6-8-20(29-2)9-7-19/h3-9,14,21H,10-13,15-16H2,1-2H3/p+2/t21-/m0/s1. The van der Waals surface area contributed by atoms with Crippen LogP contribution < -0.4 is 19.4 Å². The average Bonchev–Trinajstić information content (AvgIpc) is 3.03. The molecule has 29 heavy (non-hydrogen) atoms. The second kappa shape index (κ2) is 8.35. The van der Waals surface area contributed by atoms with Crippen molar-refractivity contribution >= 4 is 17.5 Å². The Morgan fingerprint density at radius 1 is 1.03 bits per heavy atom. The predicted octanol–water partition coefficient (Wildman–Crippen LogP) is -0.381. The number of hydrogen-bond donors (Lipinski definition) is 2. The van der Waals surface area contributed by atoms with Crippen molar-refractivity contribution in [2.75, 3.05) is 38.2 Å². The summed E-state index contributed by atoms with van der Waals surface area (Å²) in [5.74, 6) is 0.534. The third kappa shape index (κ3) is 4.18. The highest BCUT2D eigenvalue weighted by molar-refractivity contribution is 6.21. The highest BCUT2D eigenvalue weighted by atomic mass is 16.5. The molecule has 0 spiro atoms. The van der Waals surface area contributed by atoms with Crippen LogP contribution in [-0.4, -0.2) is 51.1 Å². The van der Waals surface area contributed by atoms with E-state index in [2.05, 4.69) is 31.2 Å². The molecule has 2 amide bonds. The van der Waals surface area contributed by atoms with Crippen LogP contribution in [0.2, 0.25) is 0 Å². The Bertz CT molecular complexity index is 888. The number of imide groups is 1. The Morgan fingerprint density at radius 2 is 1.76 bits per heavy atom. The lowest BCUT2D eigenvalue weighted by Gasteiger charge is -2.32. The van der Waals surface area contributed by atoms with Gasteiger partial charge in [-0.15, -0.1) is 0 Å². The molecule has 6 nitrogen and oxygen atoms in total. The molecule has 2 N–H and O–H groups in total. The van der Waals surface area contributed by atoms with Gasteiger partial charge in [0.05, 0.1) is 19.2 Å². The normalized spacial score (nSPS) is 24.8. The van der Waals surface area contributed by atoms with Crippen molar-refractivity contribution in [3.8, 4) is 5.75 Å². The van der Waals surface area contributed by atoms with Crippen LogP contribution in [0.5, 0.6) is 5.75 Å². The van der Waals surface area contributed by atoms with Gasteiger partial charge in [-0.3, -0.25) is 9.59 Å². The van der Waals surface area contributed by atoms with Crippen LogP contribution in [-0.2, 0) is 16.1 Å². The summed E-state index contributed by atoms with van der Waals surface area (Å²) in [6.07, 6.45) is 0.299. The Hall–Kier alpha value is -2.70. The maximum Gasteiger partial charge on any atom is 0.292 e. The summed E-state index contributed by atoms with van der Waals surface area (Å²) in [6, 6.07) is 15.5. The monoisotopic (exact) mass is 395 g/mol. The minimum Gasteiger partial charge on any atom is -0.497 e. The van der Waals surface area contributed by atoms with Crippen LogP contribution in [0, 0.1) is 6.92 Å². The van der Waals surface area contributed by atoms with Crippen LogP contribution in [0.1, 0.15) is 17.5 Å². The fourth-order valence-electron chi connectivity index (χ4n) is 4.51. The lowest BCUT2D eigenvalue weighted by atomic mass is 10.1.